The molecule has 8 heteroatoms. The largest absolute Gasteiger partial charge is 0.342 e. The molecule has 3 aromatic carbocycles. The van der Waals surface area contributed by atoms with E-state index in [-0.39, 0.29) is 18.2 Å². The molecule has 3 amide bonds. The van der Waals surface area contributed by atoms with Gasteiger partial charge in [-0.1, -0.05) is 79.5 Å². The molecule has 0 aliphatic carbocycles. The molecule has 1 heterocycles. The first-order chi connectivity index (χ1) is 19.1. The van der Waals surface area contributed by atoms with Crippen molar-refractivity contribution in [2.75, 3.05) is 19.6 Å². The van der Waals surface area contributed by atoms with Crippen LogP contribution in [-0.4, -0.2) is 64.8 Å². The average molecular weight is 563 g/mol. The molecule has 4 rings (SSSR count). The first kappa shape index (κ1) is 29.6. The number of hydrogen-bond donors (Lipinski definition) is 2. The number of piperazine rings is 1. The summed E-state index contributed by atoms with van der Waals surface area (Å²) in [6.07, 6.45) is 2.32. The van der Waals surface area contributed by atoms with Gasteiger partial charge in [-0.25, -0.2) is 0 Å². The maximum absolute atomic E-state index is 13.9. The second-order valence-electron chi connectivity index (χ2n) is 11.2. The molecule has 0 radical (unpaired) electrons. The van der Waals surface area contributed by atoms with E-state index in [0.717, 1.165) is 18.4 Å². The van der Waals surface area contributed by atoms with Crippen molar-refractivity contribution >= 4 is 40.1 Å². The van der Waals surface area contributed by atoms with Gasteiger partial charge in [0.25, 0.3) is 0 Å². The van der Waals surface area contributed by atoms with Crippen molar-refractivity contribution < 1.29 is 14.4 Å². The summed E-state index contributed by atoms with van der Waals surface area (Å²) in [5.74, 6) is -0.737. The lowest BCUT2D eigenvalue weighted by atomic mass is 9.98. The number of nitrogens with zero attached hydrogens (tertiary/aromatic N) is 2. The van der Waals surface area contributed by atoms with Crippen LogP contribution in [0.5, 0.6) is 0 Å². The van der Waals surface area contributed by atoms with Crippen LogP contribution in [0.1, 0.15) is 44.7 Å². The second kappa shape index (κ2) is 12.8. The monoisotopic (exact) mass is 562 g/mol. The number of halogens is 1. The van der Waals surface area contributed by atoms with Crippen LogP contribution in [0.2, 0.25) is 5.02 Å². The zero-order chi connectivity index (χ0) is 28.9. The zero-order valence-corrected chi connectivity index (χ0v) is 24.3. The average Bonchev–Trinajstić information content (AvgIpc) is 2.93. The van der Waals surface area contributed by atoms with Gasteiger partial charge >= 0.3 is 0 Å². The lowest BCUT2D eigenvalue weighted by Crippen LogP contribution is -2.63. The Morgan fingerprint density at radius 1 is 1.02 bits per heavy atom. The van der Waals surface area contributed by atoms with Gasteiger partial charge in [-0.3, -0.25) is 14.4 Å². The van der Waals surface area contributed by atoms with Crippen LogP contribution in [-0.2, 0) is 27.2 Å². The summed E-state index contributed by atoms with van der Waals surface area (Å²) < 4.78 is 0. The Morgan fingerprint density at radius 3 is 2.38 bits per heavy atom. The van der Waals surface area contributed by atoms with Crippen LogP contribution < -0.4 is 11.1 Å². The van der Waals surface area contributed by atoms with Gasteiger partial charge < -0.3 is 20.9 Å². The van der Waals surface area contributed by atoms with E-state index in [4.69, 9.17) is 17.3 Å². The fraction of sp³-hybridized carbons (Fsp3) is 0.406. The highest BCUT2D eigenvalue weighted by Crippen LogP contribution is 2.21. The zero-order valence-electron chi connectivity index (χ0n) is 23.5. The molecular formula is C32H39ClN4O3. The summed E-state index contributed by atoms with van der Waals surface area (Å²) in [6.45, 7) is 6.65. The fourth-order valence-electron chi connectivity index (χ4n) is 5.14. The minimum Gasteiger partial charge on any atom is -0.342 e. The van der Waals surface area contributed by atoms with E-state index in [0.29, 0.717) is 31.1 Å². The molecule has 1 aliphatic heterocycles. The number of fused-ring (bicyclic) bond motifs is 1. The van der Waals surface area contributed by atoms with Gasteiger partial charge in [-0.15, -0.1) is 0 Å². The summed E-state index contributed by atoms with van der Waals surface area (Å²) in [5.41, 5.74) is 6.90. The van der Waals surface area contributed by atoms with E-state index >= 15 is 0 Å². The highest BCUT2D eigenvalue weighted by molar-refractivity contribution is 6.30. The van der Waals surface area contributed by atoms with Crippen LogP contribution in [0.4, 0.5) is 0 Å². The van der Waals surface area contributed by atoms with E-state index in [1.54, 1.807) is 30.9 Å². The standard InChI is InChI=1S/C32H39ClN4O3/c1-4-7-28-30(39)36(17-16-23-10-13-24-8-5-6-9-25(24)20-23)18-19-37(28)29(38)27(35-31(40)32(2,3)34)21-22-11-14-26(33)15-12-22/h5-6,8-15,20,27-28H,4,7,16-19,21,34H2,1-3H3,(H,35,40). The Labute approximate surface area is 241 Å². The number of carbonyl (C=O) groups is 3. The van der Waals surface area contributed by atoms with Crippen molar-refractivity contribution in [3.63, 3.8) is 0 Å². The van der Waals surface area contributed by atoms with E-state index in [1.165, 1.54) is 16.3 Å². The lowest BCUT2D eigenvalue weighted by Gasteiger charge is -2.42. The van der Waals surface area contributed by atoms with Crippen LogP contribution in [0.15, 0.2) is 66.7 Å². The molecule has 0 aromatic heterocycles. The predicted octanol–water partition coefficient (Wildman–Crippen LogP) is 4.34. The molecule has 1 saturated heterocycles. The van der Waals surface area contributed by atoms with E-state index in [1.807, 2.05) is 36.1 Å². The topological polar surface area (TPSA) is 95.7 Å². The van der Waals surface area contributed by atoms with Crippen molar-refractivity contribution in [1.29, 1.82) is 0 Å². The quantitative estimate of drug-likeness (QED) is 0.384. The third kappa shape index (κ3) is 7.20. The summed E-state index contributed by atoms with van der Waals surface area (Å²) in [7, 11) is 0. The second-order valence-corrected chi connectivity index (χ2v) is 11.6. The molecule has 7 nitrogen and oxygen atoms in total. The minimum atomic E-state index is -1.15. The number of hydrogen-bond acceptors (Lipinski definition) is 4. The number of nitrogens with one attached hydrogen (secondary N) is 1. The van der Waals surface area contributed by atoms with Crippen LogP contribution >= 0.6 is 11.6 Å². The van der Waals surface area contributed by atoms with Gasteiger partial charge in [0.15, 0.2) is 0 Å². The van der Waals surface area contributed by atoms with Crippen LogP contribution in [0, 0.1) is 0 Å². The van der Waals surface area contributed by atoms with Crippen molar-refractivity contribution in [2.24, 2.45) is 5.73 Å². The summed E-state index contributed by atoms with van der Waals surface area (Å²) >= 11 is 6.05. The SMILES string of the molecule is CCCC1C(=O)N(CCc2ccc3ccccc3c2)CCN1C(=O)C(Cc1ccc(Cl)cc1)NC(=O)C(C)(C)N. The summed E-state index contributed by atoms with van der Waals surface area (Å²) in [4.78, 5) is 44.0. The van der Waals surface area contributed by atoms with E-state index < -0.39 is 23.5 Å². The number of benzene rings is 3. The molecule has 1 fully saturated rings. The molecule has 3 N–H and O–H groups in total. The Kier molecular flexibility index (Phi) is 9.48. The Balaban J connectivity index is 1.49. The molecule has 0 bridgehead atoms. The Morgan fingerprint density at radius 2 is 1.70 bits per heavy atom. The smallest absolute Gasteiger partial charge is 0.246 e. The maximum Gasteiger partial charge on any atom is 0.246 e. The van der Waals surface area contributed by atoms with Crippen molar-refractivity contribution in [2.45, 2.75) is 64.1 Å². The van der Waals surface area contributed by atoms with Gasteiger partial charge in [-0.2, -0.15) is 0 Å². The summed E-state index contributed by atoms with van der Waals surface area (Å²) in [5, 5.41) is 5.82. The Hall–Kier alpha value is -3.42. The lowest BCUT2D eigenvalue weighted by molar-refractivity contribution is -0.153. The maximum atomic E-state index is 13.9. The fourth-order valence-corrected chi connectivity index (χ4v) is 5.26. The number of nitrogens with two attached hydrogens (primary N) is 1. The van der Waals surface area contributed by atoms with Gasteiger partial charge in [-0.05, 0) is 60.7 Å². The van der Waals surface area contributed by atoms with Gasteiger partial charge in [0.2, 0.25) is 17.7 Å². The van der Waals surface area contributed by atoms with Crippen molar-refractivity contribution in [1.82, 2.24) is 15.1 Å². The van der Waals surface area contributed by atoms with Gasteiger partial charge in [0.05, 0.1) is 5.54 Å². The number of amides is 3. The van der Waals surface area contributed by atoms with E-state index in [9.17, 15) is 14.4 Å². The number of carbonyl (C=O) groups excluding carboxylic acids is 3. The molecule has 2 unspecified atom stereocenters. The molecule has 40 heavy (non-hydrogen) atoms. The first-order valence-corrected chi connectivity index (χ1v) is 14.4. The highest BCUT2D eigenvalue weighted by atomic mass is 35.5. The molecular weight excluding hydrogens is 524 g/mol. The predicted molar refractivity (Wildman–Crippen MR) is 160 cm³/mol. The van der Waals surface area contributed by atoms with Crippen LogP contribution in [0.25, 0.3) is 10.8 Å². The molecule has 0 spiro atoms. The molecule has 1 aliphatic rings. The van der Waals surface area contributed by atoms with Crippen LogP contribution in [0.3, 0.4) is 0 Å². The molecule has 212 valence electrons. The van der Waals surface area contributed by atoms with Crippen molar-refractivity contribution in [3.8, 4) is 0 Å². The Bertz CT molecular complexity index is 1350. The third-order valence-electron chi connectivity index (χ3n) is 7.45. The van der Waals surface area contributed by atoms with Crippen molar-refractivity contribution in [3.05, 3.63) is 82.9 Å². The minimum absolute atomic E-state index is 0.0436. The van der Waals surface area contributed by atoms with Gasteiger partial charge in [0.1, 0.15) is 12.1 Å². The van der Waals surface area contributed by atoms with E-state index in [2.05, 4.69) is 35.6 Å². The summed E-state index contributed by atoms with van der Waals surface area (Å²) in [6, 6.07) is 20.4. The van der Waals surface area contributed by atoms with Gasteiger partial charge in [0, 0.05) is 31.1 Å². The highest BCUT2D eigenvalue weighted by Gasteiger charge is 2.40. The molecule has 3 aromatic rings. The molecule has 0 saturated carbocycles. The third-order valence-corrected chi connectivity index (χ3v) is 7.71. The molecule has 2 atom stereocenters. The first-order valence-electron chi connectivity index (χ1n) is 14.0. The normalized spacial score (nSPS) is 16.7. The number of rotatable bonds is 10.